The number of aromatic nitrogens is 3. The van der Waals surface area contributed by atoms with Gasteiger partial charge in [-0.1, -0.05) is 33.8 Å². The molecular formula is C29H37N5O5. The summed E-state index contributed by atoms with van der Waals surface area (Å²) in [6.45, 7) is 10.2. The number of carbonyl (C=O) groups excluding carboxylic acids is 1. The minimum absolute atomic E-state index is 0.0706. The Morgan fingerprint density at radius 2 is 1.97 bits per heavy atom. The number of aliphatic hydroxyl groups is 1. The van der Waals surface area contributed by atoms with Gasteiger partial charge in [0, 0.05) is 11.3 Å². The lowest BCUT2D eigenvalue weighted by atomic mass is 9.82. The number of nitrogens with zero attached hydrogens (tertiary/aromatic N) is 3. The molecule has 208 valence electrons. The number of nitrogens with one attached hydrogen (secondary N) is 2. The van der Waals surface area contributed by atoms with E-state index in [9.17, 15) is 19.8 Å². The van der Waals surface area contributed by atoms with E-state index in [4.69, 9.17) is 4.74 Å². The molecule has 39 heavy (non-hydrogen) atoms. The molecule has 10 nitrogen and oxygen atoms in total. The van der Waals surface area contributed by atoms with Crippen LogP contribution in [-0.4, -0.2) is 73.4 Å². The number of hydrogen-bond acceptors (Lipinski definition) is 6. The van der Waals surface area contributed by atoms with Gasteiger partial charge in [-0.05, 0) is 55.2 Å². The summed E-state index contributed by atoms with van der Waals surface area (Å²) in [5, 5.41) is 23.4. The van der Waals surface area contributed by atoms with Crippen molar-refractivity contribution in [3.05, 3.63) is 41.3 Å². The molecule has 1 aliphatic heterocycles. The van der Waals surface area contributed by atoms with Gasteiger partial charge in [0.25, 0.3) is 5.91 Å². The van der Waals surface area contributed by atoms with E-state index in [0.717, 1.165) is 23.3 Å². The topological polar surface area (TPSA) is 141 Å². The first-order valence-electron chi connectivity index (χ1n) is 13.6. The Labute approximate surface area is 227 Å². The summed E-state index contributed by atoms with van der Waals surface area (Å²) in [6.07, 6.45) is 2.51. The normalized spacial score (nSPS) is 21.4. The molecule has 2 aliphatic rings. The molecule has 2 aromatic heterocycles. The maximum absolute atomic E-state index is 13.7. The number of fused-ring (bicyclic) bond motifs is 1. The van der Waals surface area contributed by atoms with Crippen molar-refractivity contribution in [3.8, 4) is 17.0 Å². The van der Waals surface area contributed by atoms with Crippen molar-refractivity contribution in [1.82, 2.24) is 25.2 Å². The standard InChI is InChI=1S/C29H37N5O5/c1-6-16-9-10-20(39-13-17-7-8-17)18(11-16)22-25-24(31-14-30-22)21(15(2)32-25)27(36)33-23-19(35)12-34(28(37)38)26(23)29(3,4)5/h9-11,14,17,19,23,26,32,35H,6-8,12-13H2,1-5H3,(H,33,36)(H,37,38)/t19-,23+,26?/m1/s1. The number of β-amino-alcohol motifs (C(OH)–C–C–N with tert-alkyl or cyclic N) is 1. The number of amides is 2. The maximum atomic E-state index is 13.7. The van der Waals surface area contributed by atoms with Gasteiger partial charge in [0.2, 0.25) is 0 Å². The summed E-state index contributed by atoms with van der Waals surface area (Å²) in [5.41, 5.74) is 4.14. The van der Waals surface area contributed by atoms with Crippen LogP contribution in [0, 0.1) is 18.3 Å². The zero-order valence-electron chi connectivity index (χ0n) is 23.1. The molecule has 0 radical (unpaired) electrons. The van der Waals surface area contributed by atoms with Crippen LogP contribution >= 0.6 is 0 Å². The van der Waals surface area contributed by atoms with Gasteiger partial charge in [0.05, 0.1) is 42.4 Å². The van der Waals surface area contributed by atoms with Crippen molar-refractivity contribution >= 4 is 23.0 Å². The van der Waals surface area contributed by atoms with E-state index in [1.54, 1.807) is 6.92 Å². The quantitative estimate of drug-likeness (QED) is 0.356. The van der Waals surface area contributed by atoms with Crippen LogP contribution in [0.1, 0.15) is 62.2 Å². The van der Waals surface area contributed by atoms with E-state index in [1.807, 2.05) is 26.8 Å². The van der Waals surface area contributed by atoms with Crippen LogP contribution in [0.15, 0.2) is 24.5 Å². The molecule has 0 spiro atoms. The molecule has 2 amide bonds. The highest BCUT2D eigenvalue weighted by atomic mass is 16.5. The molecule has 1 unspecified atom stereocenters. The summed E-state index contributed by atoms with van der Waals surface area (Å²) in [7, 11) is 0. The Kier molecular flexibility index (Phi) is 7.00. The number of carbonyl (C=O) groups is 2. The van der Waals surface area contributed by atoms with Gasteiger partial charge in [-0.15, -0.1) is 0 Å². The molecule has 3 atom stereocenters. The van der Waals surface area contributed by atoms with Gasteiger partial charge in [0.15, 0.2) is 0 Å². The highest BCUT2D eigenvalue weighted by molar-refractivity contribution is 6.09. The number of ether oxygens (including phenoxy) is 1. The number of carboxylic acid groups (broad SMARTS) is 1. The first kappa shape index (κ1) is 26.9. The van der Waals surface area contributed by atoms with Gasteiger partial charge in [-0.3, -0.25) is 4.79 Å². The van der Waals surface area contributed by atoms with Gasteiger partial charge < -0.3 is 30.2 Å². The van der Waals surface area contributed by atoms with E-state index in [0.29, 0.717) is 40.5 Å². The molecule has 5 rings (SSSR count). The smallest absolute Gasteiger partial charge is 0.407 e. The molecular weight excluding hydrogens is 498 g/mol. The second-order valence-corrected chi connectivity index (χ2v) is 11.8. The average Bonchev–Trinajstić information content (AvgIpc) is 3.56. The third kappa shape index (κ3) is 5.17. The van der Waals surface area contributed by atoms with Crippen molar-refractivity contribution in [2.24, 2.45) is 11.3 Å². The molecule has 3 aromatic rings. The maximum Gasteiger partial charge on any atom is 0.407 e. The second-order valence-electron chi connectivity index (χ2n) is 11.8. The van der Waals surface area contributed by atoms with E-state index in [-0.39, 0.29) is 6.54 Å². The van der Waals surface area contributed by atoms with Crippen LogP contribution in [-0.2, 0) is 6.42 Å². The number of aromatic amines is 1. The summed E-state index contributed by atoms with van der Waals surface area (Å²) < 4.78 is 6.19. The van der Waals surface area contributed by atoms with Crippen LogP contribution in [0.25, 0.3) is 22.3 Å². The van der Waals surface area contributed by atoms with Crippen LogP contribution in [0.2, 0.25) is 0 Å². The van der Waals surface area contributed by atoms with Gasteiger partial charge in [0.1, 0.15) is 23.3 Å². The molecule has 1 saturated carbocycles. The summed E-state index contributed by atoms with van der Waals surface area (Å²) in [4.78, 5) is 39.2. The fourth-order valence-corrected chi connectivity index (χ4v) is 5.64. The molecule has 1 saturated heterocycles. The third-order valence-corrected chi connectivity index (χ3v) is 7.78. The van der Waals surface area contributed by atoms with Crippen molar-refractivity contribution in [2.45, 2.75) is 72.1 Å². The number of H-pyrrole nitrogens is 1. The van der Waals surface area contributed by atoms with Crippen molar-refractivity contribution < 1.29 is 24.5 Å². The summed E-state index contributed by atoms with van der Waals surface area (Å²) in [6, 6.07) is 4.73. The number of benzene rings is 1. The SMILES string of the molecule is CCc1ccc(OCC2CC2)c(-c2ncnc3c(C(=O)N[C@@H]4C(C(C)(C)C)N(C(=O)O)C[C@H]4O)c(C)[nH]c23)c1. The molecule has 0 bridgehead atoms. The average molecular weight is 536 g/mol. The molecule has 1 aliphatic carbocycles. The number of aliphatic hydroxyl groups excluding tert-OH is 1. The Morgan fingerprint density at radius 3 is 2.62 bits per heavy atom. The van der Waals surface area contributed by atoms with Crippen LogP contribution < -0.4 is 10.1 Å². The lowest BCUT2D eigenvalue weighted by molar-refractivity contribution is 0.0785. The summed E-state index contributed by atoms with van der Waals surface area (Å²) in [5.74, 6) is 0.909. The Bertz CT molecular complexity index is 1410. The van der Waals surface area contributed by atoms with Gasteiger partial charge >= 0.3 is 6.09 Å². The molecule has 3 heterocycles. The summed E-state index contributed by atoms with van der Waals surface area (Å²) >= 11 is 0. The molecule has 10 heteroatoms. The predicted octanol–water partition coefficient (Wildman–Crippen LogP) is 4.15. The predicted molar refractivity (Wildman–Crippen MR) is 147 cm³/mol. The van der Waals surface area contributed by atoms with Crippen molar-refractivity contribution in [3.63, 3.8) is 0 Å². The Balaban J connectivity index is 1.52. The number of rotatable bonds is 7. The van der Waals surface area contributed by atoms with Gasteiger partial charge in [-0.25, -0.2) is 14.8 Å². The van der Waals surface area contributed by atoms with Crippen LogP contribution in [0.3, 0.4) is 0 Å². The van der Waals surface area contributed by atoms with Crippen LogP contribution in [0.5, 0.6) is 5.75 Å². The highest BCUT2D eigenvalue weighted by Gasteiger charge is 2.49. The fraction of sp³-hybridized carbons (Fsp3) is 0.517. The van der Waals surface area contributed by atoms with Crippen molar-refractivity contribution in [2.75, 3.05) is 13.2 Å². The zero-order chi connectivity index (χ0) is 28.1. The first-order chi connectivity index (χ1) is 18.5. The minimum Gasteiger partial charge on any atom is -0.493 e. The van der Waals surface area contributed by atoms with E-state index >= 15 is 0 Å². The first-order valence-corrected chi connectivity index (χ1v) is 13.6. The lowest BCUT2D eigenvalue weighted by Gasteiger charge is -2.37. The Hall–Kier alpha value is -3.66. The van der Waals surface area contributed by atoms with E-state index < -0.39 is 35.6 Å². The zero-order valence-corrected chi connectivity index (χ0v) is 23.1. The number of aryl methyl sites for hydroxylation is 2. The molecule has 1 aromatic carbocycles. The number of hydrogen-bond donors (Lipinski definition) is 4. The van der Waals surface area contributed by atoms with E-state index in [2.05, 4.69) is 39.3 Å². The minimum atomic E-state index is -1.12. The van der Waals surface area contributed by atoms with Crippen molar-refractivity contribution in [1.29, 1.82) is 0 Å². The van der Waals surface area contributed by atoms with Gasteiger partial charge in [-0.2, -0.15) is 0 Å². The highest BCUT2D eigenvalue weighted by Crippen LogP contribution is 2.38. The Morgan fingerprint density at radius 1 is 1.23 bits per heavy atom. The largest absolute Gasteiger partial charge is 0.493 e. The molecule has 2 fully saturated rings. The lowest BCUT2D eigenvalue weighted by Crippen LogP contribution is -2.54. The monoisotopic (exact) mass is 535 g/mol. The van der Waals surface area contributed by atoms with E-state index in [1.165, 1.54) is 24.1 Å². The second kappa shape index (κ2) is 10.1. The third-order valence-electron chi connectivity index (χ3n) is 7.78. The molecule has 4 N–H and O–H groups in total. The fourth-order valence-electron chi connectivity index (χ4n) is 5.64. The van der Waals surface area contributed by atoms with Crippen LogP contribution in [0.4, 0.5) is 4.79 Å². The number of likely N-dealkylation sites (tertiary alicyclic amines) is 1.